The van der Waals surface area contributed by atoms with Gasteiger partial charge in [0.05, 0.1) is 0 Å². The van der Waals surface area contributed by atoms with Crippen LogP contribution in [0.3, 0.4) is 0 Å². The minimum atomic E-state index is -0.484. The fourth-order valence-electron chi connectivity index (χ4n) is 2.99. The molecular formula is C17H27N3O2. The van der Waals surface area contributed by atoms with Gasteiger partial charge >= 0.3 is 6.09 Å². The first kappa shape index (κ1) is 16.7. The SMILES string of the molecule is CC(C)(C)OC(=O)N1CCCCC1C(CN)c1ccccn1. The largest absolute Gasteiger partial charge is 0.444 e. The van der Waals surface area contributed by atoms with Crippen LogP contribution in [0.4, 0.5) is 4.79 Å². The van der Waals surface area contributed by atoms with Crippen LogP contribution in [0.5, 0.6) is 0 Å². The Labute approximate surface area is 132 Å². The smallest absolute Gasteiger partial charge is 0.410 e. The van der Waals surface area contributed by atoms with Crippen LogP contribution < -0.4 is 5.73 Å². The summed E-state index contributed by atoms with van der Waals surface area (Å²) < 4.78 is 5.56. The van der Waals surface area contributed by atoms with Crippen LogP contribution in [0, 0.1) is 0 Å². The molecule has 2 unspecified atom stereocenters. The fraction of sp³-hybridized carbons (Fsp3) is 0.647. The number of carbonyl (C=O) groups excluding carboxylic acids is 1. The molecule has 122 valence electrons. The van der Waals surface area contributed by atoms with E-state index in [-0.39, 0.29) is 18.1 Å². The van der Waals surface area contributed by atoms with Gasteiger partial charge in [0.1, 0.15) is 5.60 Å². The zero-order chi connectivity index (χ0) is 16.2. The third-order valence-electron chi connectivity index (χ3n) is 3.96. The van der Waals surface area contributed by atoms with E-state index >= 15 is 0 Å². The fourth-order valence-corrected chi connectivity index (χ4v) is 2.99. The minimum absolute atomic E-state index is 0.0500. The Morgan fingerprint density at radius 1 is 1.45 bits per heavy atom. The van der Waals surface area contributed by atoms with Crippen molar-refractivity contribution < 1.29 is 9.53 Å². The number of likely N-dealkylation sites (tertiary alicyclic amines) is 1. The van der Waals surface area contributed by atoms with Gasteiger partial charge in [-0.25, -0.2) is 4.79 Å². The molecule has 1 aromatic heterocycles. The number of nitrogens with zero attached hydrogens (tertiary/aromatic N) is 2. The van der Waals surface area contributed by atoms with E-state index in [1.807, 2.05) is 43.9 Å². The van der Waals surface area contributed by atoms with E-state index in [1.54, 1.807) is 6.20 Å². The average molecular weight is 305 g/mol. The summed E-state index contributed by atoms with van der Waals surface area (Å²) in [6.45, 7) is 6.87. The van der Waals surface area contributed by atoms with Crippen molar-refractivity contribution in [1.29, 1.82) is 0 Å². The van der Waals surface area contributed by atoms with Gasteiger partial charge in [-0.3, -0.25) is 4.98 Å². The molecule has 1 saturated heterocycles. The summed E-state index contributed by atoms with van der Waals surface area (Å²) in [7, 11) is 0. The van der Waals surface area contributed by atoms with Crippen molar-refractivity contribution in [3.05, 3.63) is 30.1 Å². The van der Waals surface area contributed by atoms with E-state index in [2.05, 4.69) is 4.98 Å². The predicted octanol–water partition coefficient (Wildman–Crippen LogP) is 2.91. The van der Waals surface area contributed by atoms with E-state index in [0.717, 1.165) is 31.5 Å². The second-order valence-electron chi connectivity index (χ2n) is 6.83. The van der Waals surface area contributed by atoms with Gasteiger partial charge in [0.2, 0.25) is 0 Å². The summed E-state index contributed by atoms with van der Waals surface area (Å²) in [5.41, 5.74) is 6.47. The van der Waals surface area contributed by atoms with Crippen molar-refractivity contribution in [3.8, 4) is 0 Å². The van der Waals surface area contributed by atoms with Crippen molar-refractivity contribution in [1.82, 2.24) is 9.88 Å². The van der Waals surface area contributed by atoms with Crippen LogP contribution in [0.1, 0.15) is 51.6 Å². The van der Waals surface area contributed by atoms with Gasteiger partial charge in [-0.05, 0) is 52.2 Å². The average Bonchev–Trinajstić information content (AvgIpc) is 2.48. The quantitative estimate of drug-likeness (QED) is 0.932. The van der Waals surface area contributed by atoms with Crippen LogP contribution in [-0.4, -0.2) is 40.7 Å². The molecule has 2 N–H and O–H groups in total. The summed E-state index contributed by atoms with van der Waals surface area (Å²) >= 11 is 0. The van der Waals surface area contributed by atoms with Crippen molar-refractivity contribution in [2.75, 3.05) is 13.1 Å². The summed E-state index contributed by atoms with van der Waals surface area (Å²) in [5, 5.41) is 0. The van der Waals surface area contributed by atoms with Gasteiger partial charge in [-0.2, -0.15) is 0 Å². The Kier molecular flexibility index (Phi) is 5.40. The molecule has 22 heavy (non-hydrogen) atoms. The topological polar surface area (TPSA) is 68.5 Å². The monoisotopic (exact) mass is 305 g/mol. The van der Waals surface area contributed by atoms with Crippen LogP contribution >= 0.6 is 0 Å². The minimum Gasteiger partial charge on any atom is -0.444 e. The Balaban J connectivity index is 2.19. The number of ether oxygens (including phenoxy) is 1. The Morgan fingerprint density at radius 2 is 2.23 bits per heavy atom. The number of piperidine rings is 1. The number of amides is 1. The Bertz CT molecular complexity index is 484. The van der Waals surface area contributed by atoms with Crippen molar-refractivity contribution >= 4 is 6.09 Å². The van der Waals surface area contributed by atoms with Crippen LogP contribution in [0.15, 0.2) is 24.4 Å². The lowest BCUT2D eigenvalue weighted by atomic mass is 9.88. The van der Waals surface area contributed by atoms with Gasteiger partial charge in [0.25, 0.3) is 0 Å². The molecule has 0 aromatic carbocycles. The highest BCUT2D eigenvalue weighted by atomic mass is 16.6. The Hall–Kier alpha value is -1.62. The van der Waals surface area contributed by atoms with Crippen molar-refractivity contribution in [2.45, 2.75) is 57.6 Å². The third-order valence-corrected chi connectivity index (χ3v) is 3.96. The summed E-state index contributed by atoms with van der Waals surface area (Å²) in [4.78, 5) is 18.8. The van der Waals surface area contributed by atoms with Crippen molar-refractivity contribution in [3.63, 3.8) is 0 Å². The first-order valence-electron chi connectivity index (χ1n) is 8.03. The second kappa shape index (κ2) is 7.09. The number of hydrogen-bond donors (Lipinski definition) is 1. The van der Waals surface area contributed by atoms with E-state index in [9.17, 15) is 4.79 Å². The molecule has 0 saturated carbocycles. The van der Waals surface area contributed by atoms with Gasteiger partial charge < -0.3 is 15.4 Å². The maximum atomic E-state index is 12.5. The number of pyridine rings is 1. The van der Waals surface area contributed by atoms with Crippen LogP contribution in [0.2, 0.25) is 0 Å². The molecule has 1 fully saturated rings. The molecule has 5 nitrogen and oxygen atoms in total. The van der Waals surface area contributed by atoms with Gasteiger partial charge in [-0.15, -0.1) is 0 Å². The first-order chi connectivity index (χ1) is 10.4. The number of aromatic nitrogens is 1. The van der Waals surface area contributed by atoms with Gasteiger partial charge in [0.15, 0.2) is 0 Å². The van der Waals surface area contributed by atoms with E-state index in [0.29, 0.717) is 6.54 Å². The molecule has 1 aliphatic heterocycles. The first-order valence-corrected chi connectivity index (χ1v) is 8.03. The normalized spacial score (nSPS) is 20.5. The zero-order valence-corrected chi connectivity index (χ0v) is 13.8. The maximum absolute atomic E-state index is 12.5. The summed E-state index contributed by atoms with van der Waals surface area (Å²) in [5.74, 6) is 0.0500. The Morgan fingerprint density at radius 3 is 2.82 bits per heavy atom. The highest BCUT2D eigenvalue weighted by Gasteiger charge is 2.35. The van der Waals surface area contributed by atoms with Crippen molar-refractivity contribution in [2.24, 2.45) is 5.73 Å². The molecule has 5 heteroatoms. The number of rotatable bonds is 3. The highest BCUT2D eigenvalue weighted by molar-refractivity contribution is 5.69. The molecule has 1 amide bonds. The second-order valence-corrected chi connectivity index (χ2v) is 6.83. The molecular weight excluding hydrogens is 278 g/mol. The summed E-state index contributed by atoms with van der Waals surface area (Å²) in [6, 6.07) is 5.90. The molecule has 2 heterocycles. The molecule has 1 aliphatic rings. The predicted molar refractivity (Wildman–Crippen MR) is 86.6 cm³/mol. The molecule has 0 aliphatic carbocycles. The molecule has 0 bridgehead atoms. The van der Waals surface area contributed by atoms with Crippen LogP contribution in [-0.2, 0) is 4.74 Å². The number of carbonyl (C=O) groups is 1. The summed E-state index contributed by atoms with van der Waals surface area (Å²) in [6.07, 6.45) is 4.59. The molecule has 0 radical (unpaired) electrons. The highest BCUT2D eigenvalue weighted by Crippen LogP contribution is 2.30. The lowest BCUT2D eigenvalue weighted by molar-refractivity contribution is 0.00648. The van der Waals surface area contributed by atoms with Crippen LogP contribution in [0.25, 0.3) is 0 Å². The number of nitrogens with two attached hydrogens (primary N) is 1. The lowest BCUT2D eigenvalue weighted by Crippen LogP contribution is -2.50. The number of hydrogen-bond acceptors (Lipinski definition) is 4. The lowest BCUT2D eigenvalue weighted by Gasteiger charge is -2.40. The maximum Gasteiger partial charge on any atom is 0.410 e. The van der Waals surface area contributed by atoms with E-state index in [1.165, 1.54) is 0 Å². The molecule has 0 spiro atoms. The standard InChI is InChI=1S/C17H27N3O2/c1-17(2,3)22-16(21)20-11-7-5-9-15(20)13(12-18)14-8-4-6-10-19-14/h4,6,8,10,13,15H,5,7,9,11-12,18H2,1-3H3. The molecule has 2 atom stereocenters. The van der Waals surface area contributed by atoms with E-state index < -0.39 is 5.60 Å². The van der Waals surface area contributed by atoms with E-state index in [4.69, 9.17) is 10.5 Å². The van der Waals surface area contributed by atoms with Gasteiger partial charge in [0, 0.05) is 36.9 Å². The molecule has 2 rings (SSSR count). The van der Waals surface area contributed by atoms with Gasteiger partial charge in [-0.1, -0.05) is 6.07 Å². The third kappa shape index (κ3) is 4.19. The zero-order valence-electron chi connectivity index (χ0n) is 13.8. The molecule has 1 aromatic rings.